The van der Waals surface area contributed by atoms with Gasteiger partial charge in [0.25, 0.3) is 0 Å². The molecular weight excluding hydrogens is 647 g/mol. The van der Waals surface area contributed by atoms with Crippen molar-refractivity contribution in [2.45, 2.75) is 193 Å². The Balaban J connectivity index is 4.45. The summed E-state index contributed by atoms with van der Waals surface area (Å²) in [4.78, 5) is 23.1. The molecule has 9 heteroatoms. The number of phosphoric ester groups is 1. The number of phosphoric acid groups is 1. The van der Waals surface area contributed by atoms with Crippen molar-refractivity contribution in [1.29, 1.82) is 0 Å². The van der Waals surface area contributed by atoms with Crippen molar-refractivity contribution in [2.24, 2.45) is 0 Å². The van der Waals surface area contributed by atoms with E-state index in [-0.39, 0.29) is 19.1 Å². The molecule has 0 aromatic rings. The van der Waals surface area contributed by atoms with Crippen LogP contribution in [-0.4, -0.2) is 73.4 Å². The summed E-state index contributed by atoms with van der Waals surface area (Å²) in [5.41, 5.74) is 0. The fraction of sp³-hybridized carbons (Fsp3) is 0.878. The van der Waals surface area contributed by atoms with Gasteiger partial charge < -0.3 is 19.8 Å². The van der Waals surface area contributed by atoms with Crippen molar-refractivity contribution < 1.29 is 32.9 Å². The van der Waals surface area contributed by atoms with E-state index in [1.54, 1.807) is 0 Å². The van der Waals surface area contributed by atoms with E-state index >= 15 is 0 Å². The van der Waals surface area contributed by atoms with Gasteiger partial charge >= 0.3 is 7.82 Å². The first-order chi connectivity index (χ1) is 24.0. The molecule has 0 bridgehead atoms. The zero-order valence-electron chi connectivity index (χ0n) is 33.4. The van der Waals surface area contributed by atoms with Gasteiger partial charge in [-0.3, -0.25) is 13.8 Å². The SMILES string of the molecule is CCCCC/C=C/C/C=C/CCCCCCCC(=O)N[C@@H](COP(=O)(O)OCC[N+](C)(C)C)[C@H](O)CCCCCCCCCCCCCCC. The lowest BCUT2D eigenvalue weighted by Crippen LogP contribution is -2.46. The van der Waals surface area contributed by atoms with E-state index < -0.39 is 20.0 Å². The average Bonchev–Trinajstić information content (AvgIpc) is 3.06. The second-order valence-electron chi connectivity index (χ2n) is 15.4. The van der Waals surface area contributed by atoms with Crippen LogP contribution in [0.4, 0.5) is 0 Å². The Morgan fingerprint density at radius 2 is 1.14 bits per heavy atom. The Hall–Kier alpha value is -1.02. The predicted molar refractivity (Wildman–Crippen MR) is 212 cm³/mol. The van der Waals surface area contributed by atoms with Gasteiger partial charge in [0.1, 0.15) is 13.2 Å². The number of nitrogens with one attached hydrogen (secondary N) is 1. The molecule has 0 spiro atoms. The van der Waals surface area contributed by atoms with Crippen LogP contribution in [0, 0.1) is 0 Å². The van der Waals surface area contributed by atoms with Crippen molar-refractivity contribution in [1.82, 2.24) is 5.32 Å². The highest BCUT2D eigenvalue weighted by Gasteiger charge is 2.28. The lowest BCUT2D eigenvalue weighted by Gasteiger charge is -2.26. The topological polar surface area (TPSA) is 105 Å². The maximum atomic E-state index is 12.8. The van der Waals surface area contributed by atoms with Gasteiger partial charge in [0.05, 0.1) is 39.9 Å². The summed E-state index contributed by atoms with van der Waals surface area (Å²) < 4.78 is 23.5. The third kappa shape index (κ3) is 35.4. The van der Waals surface area contributed by atoms with Gasteiger partial charge in [-0.05, 0) is 44.9 Å². The number of nitrogens with zero attached hydrogens (tertiary/aromatic N) is 1. The third-order valence-corrected chi connectivity index (χ3v) is 10.2. The number of hydrogen-bond acceptors (Lipinski definition) is 5. The number of aliphatic hydroxyl groups is 1. The summed E-state index contributed by atoms with van der Waals surface area (Å²) in [6.45, 7) is 4.83. The number of quaternary nitrogens is 1. The molecule has 0 radical (unpaired) electrons. The van der Waals surface area contributed by atoms with Crippen LogP contribution >= 0.6 is 7.82 Å². The van der Waals surface area contributed by atoms with Crippen molar-refractivity contribution >= 4 is 13.7 Å². The molecule has 8 nitrogen and oxygen atoms in total. The number of amides is 1. The Morgan fingerprint density at radius 3 is 1.68 bits per heavy atom. The van der Waals surface area contributed by atoms with Gasteiger partial charge in [0.15, 0.2) is 0 Å². The smallest absolute Gasteiger partial charge is 0.391 e. The number of unbranched alkanes of at least 4 members (excludes halogenated alkanes) is 20. The van der Waals surface area contributed by atoms with Gasteiger partial charge in [0.2, 0.25) is 5.91 Å². The number of allylic oxidation sites excluding steroid dienone is 4. The third-order valence-electron chi connectivity index (χ3n) is 9.20. The lowest BCUT2D eigenvalue weighted by molar-refractivity contribution is -0.870. The second-order valence-corrected chi connectivity index (χ2v) is 16.8. The number of likely N-dealkylation sites (N-methyl/N-ethyl adjacent to an activating group) is 1. The zero-order chi connectivity index (χ0) is 37.2. The van der Waals surface area contributed by atoms with Crippen LogP contribution in [0.1, 0.15) is 181 Å². The highest BCUT2D eigenvalue weighted by molar-refractivity contribution is 7.47. The molecule has 3 atom stereocenters. The number of rotatable bonds is 37. The highest BCUT2D eigenvalue weighted by atomic mass is 31.2. The fourth-order valence-corrected chi connectivity index (χ4v) is 6.57. The molecule has 0 saturated carbocycles. The Labute approximate surface area is 309 Å². The molecule has 0 aliphatic carbocycles. The van der Waals surface area contributed by atoms with Crippen molar-refractivity contribution in [3.63, 3.8) is 0 Å². The molecule has 1 amide bonds. The molecule has 3 N–H and O–H groups in total. The monoisotopic (exact) mass is 730 g/mol. The minimum atomic E-state index is -4.31. The molecule has 50 heavy (non-hydrogen) atoms. The maximum absolute atomic E-state index is 12.8. The van der Waals surface area contributed by atoms with Crippen LogP contribution in [0.5, 0.6) is 0 Å². The summed E-state index contributed by atoms with van der Waals surface area (Å²) >= 11 is 0. The number of hydrogen-bond donors (Lipinski definition) is 3. The Kier molecular flexibility index (Phi) is 33.1. The van der Waals surface area contributed by atoms with E-state index in [4.69, 9.17) is 9.05 Å². The quantitative estimate of drug-likeness (QED) is 0.0254. The molecular formula is C41H82N2O6P+. The molecule has 1 unspecified atom stereocenters. The van der Waals surface area contributed by atoms with E-state index in [1.165, 1.54) is 89.9 Å². The summed E-state index contributed by atoms with van der Waals surface area (Å²) in [7, 11) is 1.60. The van der Waals surface area contributed by atoms with Crippen molar-refractivity contribution in [3.05, 3.63) is 24.3 Å². The van der Waals surface area contributed by atoms with Gasteiger partial charge in [-0.1, -0.05) is 154 Å². The average molecular weight is 730 g/mol. The molecule has 0 saturated heterocycles. The van der Waals surface area contributed by atoms with E-state index in [2.05, 4.69) is 43.5 Å². The Morgan fingerprint density at radius 1 is 0.680 bits per heavy atom. The summed E-state index contributed by atoms with van der Waals surface area (Å²) in [5, 5.41) is 13.9. The Bertz CT molecular complexity index is 876. The van der Waals surface area contributed by atoms with Crippen LogP contribution in [0.2, 0.25) is 0 Å². The van der Waals surface area contributed by atoms with Crippen molar-refractivity contribution in [3.8, 4) is 0 Å². The summed E-state index contributed by atoms with van der Waals surface area (Å²) in [6.07, 6.45) is 37.6. The number of aliphatic hydroxyl groups excluding tert-OH is 1. The maximum Gasteiger partial charge on any atom is 0.472 e. The summed E-state index contributed by atoms with van der Waals surface area (Å²) in [6, 6.07) is -0.764. The first kappa shape index (κ1) is 49.0. The van der Waals surface area contributed by atoms with Crippen LogP contribution in [0.15, 0.2) is 24.3 Å². The van der Waals surface area contributed by atoms with Crippen LogP contribution in [-0.2, 0) is 18.4 Å². The first-order valence-corrected chi connectivity index (χ1v) is 22.2. The minimum Gasteiger partial charge on any atom is -0.391 e. The van der Waals surface area contributed by atoms with E-state index in [0.717, 1.165) is 64.2 Å². The van der Waals surface area contributed by atoms with E-state index in [9.17, 15) is 19.4 Å². The fourth-order valence-electron chi connectivity index (χ4n) is 5.84. The van der Waals surface area contributed by atoms with Gasteiger partial charge in [-0.25, -0.2) is 4.57 Å². The van der Waals surface area contributed by atoms with E-state index in [1.807, 2.05) is 21.1 Å². The largest absolute Gasteiger partial charge is 0.472 e. The van der Waals surface area contributed by atoms with E-state index in [0.29, 0.717) is 23.9 Å². The molecule has 296 valence electrons. The zero-order valence-corrected chi connectivity index (χ0v) is 34.3. The molecule has 0 aliphatic heterocycles. The predicted octanol–water partition coefficient (Wildman–Crippen LogP) is 11.0. The van der Waals surface area contributed by atoms with Gasteiger partial charge in [0, 0.05) is 6.42 Å². The molecule has 0 aromatic carbocycles. The van der Waals surface area contributed by atoms with Gasteiger partial charge in [-0.15, -0.1) is 0 Å². The van der Waals surface area contributed by atoms with Gasteiger partial charge in [-0.2, -0.15) is 0 Å². The lowest BCUT2D eigenvalue weighted by atomic mass is 10.0. The molecule has 0 aromatic heterocycles. The number of carbonyl (C=O) groups excluding carboxylic acids is 1. The molecule has 0 rings (SSSR count). The van der Waals surface area contributed by atoms with Crippen LogP contribution in [0.3, 0.4) is 0 Å². The second kappa shape index (κ2) is 33.8. The normalized spacial score (nSPS) is 14.8. The van der Waals surface area contributed by atoms with Crippen LogP contribution in [0.25, 0.3) is 0 Å². The minimum absolute atomic E-state index is 0.0721. The highest BCUT2D eigenvalue weighted by Crippen LogP contribution is 2.43. The molecule has 0 fully saturated rings. The number of carbonyl (C=O) groups is 1. The summed E-state index contributed by atoms with van der Waals surface area (Å²) in [5.74, 6) is -0.160. The van der Waals surface area contributed by atoms with Crippen molar-refractivity contribution in [2.75, 3.05) is 40.9 Å². The molecule has 0 heterocycles. The first-order valence-electron chi connectivity index (χ1n) is 20.7. The molecule has 0 aliphatic rings. The standard InChI is InChI=1S/C41H81N2O6P/c1-6-8-10-12-14-16-18-20-21-23-25-27-29-31-33-35-41(45)42-39(38-49-50(46,47)48-37-36-43(3,4)5)40(44)34-32-30-28-26-24-22-19-17-15-13-11-9-7-2/h14,16,20-21,39-40,44H,6-13,15,17-19,22-38H2,1-5H3,(H-,42,45,46,47)/p+1/b16-14+,21-20+/t39-,40+/m0/s1. The van der Waals surface area contributed by atoms with Crippen LogP contribution < -0.4 is 5.32 Å².